The van der Waals surface area contributed by atoms with Gasteiger partial charge in [-0.1, -0.05) is 19.9 Å². The first-order valence-electron chi connectivity index (χ1n) is 8.92. The van der Waals surface area contributed by atoms with Crippen LogP contribution in [0.5, 0.6) is 0 Å². The molecule has 2 rings (SSSR count). The Balaban J connectivity index is 1.90. The van der Waals surface area contributed by atoms with Crippen molar-refractivity contribution >= 4 is 17.3 Å². The second-order valence-corrected chi connectivity index (χ2v) is 6.94. The molecule has 0 bridgehead atoms. The molecule has 0 spiro atoms. The van der Waals surface area contributed by atoms with Gasteiger partial charge >= 0.3 is 0 Å². The highest BCUT2D eigenvalue weighted by Gasteiger charge is 2.17. The van der Waals surface area contributed by atoms with E-state index in [0.717, 1.165) is 48.8 Å². The fourth-order valence-electron chi connectivity index (χ4n) is 3.00. The number of nitrogens with zero attached hydrogens (tertiary/aromatic N) is 1. The van der Waals surface area contributed by atoms with Gasteiger partial charge in [-0.25, -0.2) is 0 Å². The summed E-state index contributed by atoms with van der Waals surface area (Å²) in [4.78, 5) is 14.2. The minimum Gasteiger partial charge on any atom is -0.397 e. The molecule has 1 unspecified atom stereocenters. The lowest BCUT2D eigenvalue weighted by Crippen LogP contribution is -2.33. The molecule has 4 heteroatoms. The van der Waals surface area contributed by atoms with Crippen molar-refractivity contribution in [2.24, 2.45) is 5.92 Å². The average molecular weight is 317 g/mol. The third-order valence-electron chi connectivity index (χ3n) is 4.88. The molecule has 3 N–H and O–H groups in total. The lowest BCUT2D eigenvalue weighted by atomic mass is 9.98. The van der Waals surface area contributed by atoms with Crippen LogP contribution in [-0.2, 0) is 11.2 Å². The van der Waals surface area contributed by atoms with Gasteiger partial charge in [0.15, 0.2) is 0 Å². The minimum absolute atomic E-state index is 0.118. The van der Waals surface area contributed by atoms with Crippen LogP contribution in [0.4, 0.5) is 11.4 Å². The third kappa shape index (κ3) is 5.15. The van der Waals surface area contributed by atoms with Gasteiger partial charge in [0, 0.05) is 25.6 Å². The zero-order chi connectivity index (χ0) is 16.8. The number of hydrogen-bond acceptors (Lipinski definition) is 3. The van der Waals surface area contributed by atoms with E-state index in [1.165, 1.54) is 12.8 Å². The van der Waals surface area contributed by atoms with Crippen LogP contribution >= 0.6 is 0 Å². The number of nitrogen functional groups attached to an aromatic ring is 1. The summed E-state index contributed by atoms with van der Waals surface area (Å²) in [5.74, 6) is 0.933. The van der Waals surface area contributed by atoms with Gasteiger partial charge in [-0.15, -0.1) is 0 Å². The largest absolute Gasteiger partial charge is 0.397 e. The summed E-state index contributed by atoms with van der Waals surface area (Å²) in [6.45, 7) is 8.59. The number of hydrogen-bond donors (Lipinski definition) is 2. The van der Waals surface area contributed by atoms with E-state index < -0.39 is 0 Å². The predicted octanol–water partition coefficient (Wildman–Crippen LogP) is 3.35. The number of carbonyl (C=O) groups is 1. The van der Waals surface area contributed by atoms with Crippen LogP contribution in [0.3, 0.4) is 0 Å². The molecular weight excluding hydrogens is 286 g/mol. The van der Waals surface area contributed by atoms with Gasteiger partial charge in [0.1, 0.15) is 0 Å². The highest BCUT2D eigenvalue weighted by molar-refractivity contribution is 5.76. The van der Waals surface area contributed by atoms with Crippen LogP contribution in [0.15, 0.2) is 18.2 Å². The Morgan fingerprint density at radius 3 is 2.70 bits per heavy atom. The first kappa shape index (κ1) is 17.6. The highest BCUT2D eigenvalue weighted by Crippen LogP contribution is 2.29. The van der Waals surface area contributed by atoms with Crippen molar-refractivity contribution in [2.45, 2.75) is 58.9 Å². The monoisotopic (exact) mass is 317 g/mol. The van der Waals surface area contributed by atoms with Crippen LogP contribution in [0.25, 0.3) is 0 Å². The quantitative estimate of drug-likeness (QED) is 0.791. The number of aryl methyl sites for hydroxylation is 1. The van der Waals surface area contributed by atoms with Crippen LogP contribution in [0.2, 0.25) is 0 Å². The molecule has 128 valence electrons. The Kier molecular flexibility index (Phi) is 6.31. The smallest absolute Gasteiger partial charge is 0.220 e. The van der Waals surface area contributed by atoms with Crippen LogP contribution in [0.1, 0.15) is 52.0 Å². The van der Waals surface area contributed by atoms with Crippen LogP contribution in [-0.4, -0.2) is 25.0 Å². The maximum Gasteiger partial charge on any atom is 0.220 e. The third-order valence-corrected chi connectivity index (χ3v) is 4.88. The van der Waals surface area contributed by atoms with Crippen molar-refractivity contribution in [3.05, 3.63) is 23.8 Å². The normalized spacial score (nSPS) is 17.1. The average Bonchev–Trinajstić information content (AvgIpc) is 2.54. The molecule has 1 aromatic carbocycles. The minimum atomic E-state index is 0.118. The number of nitrogens with two attached hydrogens (primary N) is 1. The van der Waals surface area contributed by atoms with Crippen molar-refractivity contribution in [3.8, 4) is 0 Å². The molecule has 1 fully saturated rings. The summed E-state index contributed by atoms with van der Waals surface area (Å²) in [6, 6.07) is 6.51. The Hall–Kier alpha value is -1.71. The molecule has 1 aliphatic rings. The molecule has 23 heavy (non-hydrogen) atoms. The van der Waals surface area contributed by atoms with E-state index >= 15 is 0 Å². The molecule has 1 aromatic rings. The molecular formula is C19H31N3O. The number of piperidine rings is 1. The van der Waals surface area contributed by atoms with E-state index in [2.05, 4.69) is 36.2 Å². The summed E-state index contributed by atoms with van der Waals surface area (Å²) in [6.07, 6.45) is 4.68. The molecule has 1 heterocycles. The number of nitrogens with one attached hydrogen (secondary N) is 1. The zero-order valence-corrected chi connectivity index (χ0v) is 14.8. The van der Waals surface area contributed by atoms with Crippen molar-refractivity contribution < 1.29 is 4.79 Å². The molecule has 4 nitrogen and oxygen atoms in total. The Morgan fingerprint density at radius 2 is 2.09 bits per heavy atom. The Labute approximate surface area is 140 Å². The number of rotatable bonds is 6. The first-order chi connectivity index (χ1) is 11.0. The van der Waals surface area contributed by atoms with Gasteiger partial charge in [0.05, 0.1) is 11.4 Å². The Bertz CT molecular complexity index is 521. The number of carbonyl (C=O) groups excluding carboxylic acids is 1. The van der Waals surface area contributed by atoms with E-state index in [0.29, 0.717) is 6.42 Å². The summed E-state index contributed by atoms with van der Waals surface area (Å²) in [5, 5.41) is 3.00. The number of benzene rings is 1. The molecule has 1 aliphatic heterocycles. The SMILES string of the molecule is CCC(C)NC(=O)CCc1ccc(N2CCC(C)CC2)c(N)c1. The number of amides is 1. The maximum absolute atomic E-state index is 11.9. The van der Waals surface area contributed by atoms with Crippen molar-refractivity contribution in [1.29, 1.82) is 0 Å². The van der Waals surface area contributed by atoms with Crippen molar-refractivity contribution in [3.63, 3.8) is 0 Å². The first-order valence-corrected chi connectivity index (χ1v) is 8.92. The second kappa shape index (κ2) is 8.23. The van der Waals surface area contributed by atoms with Gasteiger partial charge in [-0.3, -0.25) is 4.79 Å². The molecule has 1 saturated heterocycles. The number of anilines is 2. The van der Waals surface area contributed by atoms with Crippen LogP contribution < -0.4 is 16.0 Å². The standard InChI is InChI=1S/C19H31N3O/c1-4-15(3)21-19(23)8-6-16-5-7-18(17(20)13-16)22-11-9-14(2)10-12-22/h5,7,13-15H,4,6,8-12,20H2,1-3H3,(H,21,23). The summed E-state index contributed by atoms with van der Waals surface area (Å²) < 4.78 is 0. The Morgan fingerprint density at radius 1 is 1.39 bits per heavy atom. The fraction of sp³-hybridized carbons (Fsp3) is 0.632. The fourth-order valence-corrected chi connectivity index (χ4v) is 3.00. The lowest BCUT2D eigenvalue weighted by molar-refractivity contribution is -0.121. The molecule has 0 aliphatic carbocycles. The van der Waals surface area contributed by atoms with Gasteiger partial charge in [0.2, 0.25) is 5.91 Å². The molecule has 0 radical (unpaired) electrons. The second-order valence-electron chi connectivity index (χ2n) is 6.94. The van der Waals surface area contributed by atoms with Gasteiger partial charge in [0.25, 0.3) is 0 Å². The molecule has 1 amide bonds. The predicted molar refractivity (Wildman–Crippen MR) is 97.7 cm³/mol. The van der Waals surface area contributed by atoms with Gasteiger partial charge < -0.3 is 16.0 Å². The van der Waals surface area contributed by atoms with E-state index in [4.69, 9.17) is 5.73 Å². The van der Waals surface area contributed by atoms with Gasteiger partial charge in [-0.05, 0) is 56.2 Å². The highest BCUT2D eigenvalue weighted by atomic mass is 16.1. The zero-order valence-electron chi connectivity index (χ0n) is 14.8. The topological polar surface area (TPSA) is 58.4 Å². The van der Waals surface area contributed by atoms with Crippen molar-refractivity contribution in [2.75, 3.05) is 23.7 Å². The van der Waals surface area contributed by atoms with E-state index in [9.17, 15) is 4.79 Å². The summed E-state index contributed by atoms with van der Waals surface area (Å²) in [5.41, 5.74) is 9.36. The van der Waals surface area contributed by atoms with Crippen LogP contribution in [0, 0.1) is 5.92 Å². The summed E-state index contributed by atoms with van der Waals surface area (Å²) in [7, 11) is 0. The maximum atomic E-state index is 11.9. The van der Waals surface area contributed by atoms with E-state index in [-0.39, 0.29) is 11.9 Å². The van der Waals surface area contributed by atoms with E-state index in [1.54, 1.807) is 0 Å². The summed E-state index contributed by atoms with van der Waals surface area (Å²) >= 11 is 0. The molecule has 0 saturated carbocycles. The molecule has 0 aromatic heterocycles. The van der Waals surface area contributed by atoms with Gasteiger partial charge in [-0.2, -0.15) is 0 Å². The lowest BCUT2D eigenvalue weighted by Gasteiger charge is -2.33. The van der Waals surface area contributed by atoms with E-state index in [1.807, 2.05) is 13.0 Å². The molecule has 1 atom stereocenters. The van der Waals surface area contributed by atoms with Crippen molar-refractivity contribution in [1.82, 2.24) is 5.32 Å².